The fourth-order valence-corrected chi connectivity index (χ4v) is 1.79. The van der Waals surface area contributed by atoms with Crippen molar-refractivity contribution in [2.45, 2.75) is 12.4 Å². The van der Waals surface area contributed by atoms with Crippen LogP contribution < -0.4 is 15.6 Å². The minimum absolute atomic E-state index is 0.141. The molecule has 0 bridgehead atoms. The van der Waals surface area contributed by atoms with Crippen LogP contribution in [0.25, 0.3) is 0 Å². The molecule has 2 rings (SSSR count). The number of amides is 1. The second-order valence-corrected chi connectivity index (χ2v) is 4.92. The van der Waals surface area contributed by atoms with Gasteiger partial charge in [0.2, 0.25) is 5.91 Å². The lowest BCUT2D eigenvalue weighted by Crippen LogP contribution is -2.30. The van der Waals surface area contributed by atoms with Gasteiger partial charge < -0.3 is 10.2 Å². The van der Waals surface area contributed by atoms with Crippen LogP contribution in [0.5, 0.6) is 5.75 Å². The molecule has 2 N–H and O–H groups in total. The summed E-state index contributed by atoms with van der Waals surface area (Å²) in [6.45, 7) is -0.514. The standard InChI is InChI=1S/C15H11F6N3O2/c16-14(17,18)9-2-1-3-11(6-9)26-23-8-13(25)24-10-4-5-22-12(7-10)15(19,20)21/h1-7,23H,8H2,(H,22,24,25). The largest absolute Gasteiger partial charge is 0.433 e. The van der Waals surface area contributed by atoms with Crippen LogP contribution in [-0.4, -0.2) is 17.4 Å². The fourth-order valence-electron chi connectivity index (χ4n) is 1.79. The van der Waals surface area contributed by atoms with E-state index < -0.39 is 36.1 Å². The molecule has 1 aromatic heterocycles. The molecular weight excluding hydrogens is 368 g/mol. The molecule has 1 heterocycles. The van der Waals surface area contributed by atoms with E-state index in [4.69, 9.17) is 4.84 Å². The van der Waals surface area contributed by atoms with Crippen molar-refractivity contribution in [3.05, 3.63) is 53.9 Å². The number of nitrogens with one attached hydrogen (secondary N) is 2. The van der Waals surface area contributed by atoms with Crippen LogP contribution in [0, 0.1) is 0 Å². The van der Waals surface area contributed by atoms with E-state index in [1.54, 1.807) is 0 Å². The number of benzene rings is 1. The lowest BCUT2D eigenvalue weighted by Gasteiger charge is -2.11. The number of aromatic nitrogens is 1. The molecule has 26 heavy (non-hydrogen) atoms. The molecule has 0 fully saturated rings. The van der Waals surface area contributed by atoms with Gasteiger partial charge in [-0.3, -0.25) is 9.78 Å². The van der Waals surface area contributed by atoms with Crippen molar-refractivity contribution in [2.24, 2.45) is 0 Å². The van der Waals surface area contributed by atoms with Gasteiger partial charge in [-0.05, 0) is 30.3 Å². The first kappa shape index (κ1) is 19.5. The Bertz CT molecular complexity index is 776. The highest BCUT2D eigenvalue weighted by Crippen LogP contribution is 2.31. The van der Waals surface area contributed by atoms with E-state index >= 15 is 0 Å². The second kappa shape index (κ2) is 7.60. The van der Waals surface area contributed by atoms with Crippen LogP contribution in [0.1, 0.15) is 11.3 Å². The van der Waals surface area contributed by atoms with E-state index in [2.05, 4.69) is 15.8 Å². The van der Waals surface area contributed by atoms with Crippen molar-refractivity contribution in [2.75, 3.05) is 11.9 Å². The number of pyridine rings is 1. The van der Waals surface area contributed by atoms with Gasteiger partial charge >= 0.3 is 12.4 Å². The van der Waals surface area contributed by atoms with Crippen molar-refractivity contribution in [1.82, 2.24) is 10.5 Å². The lowest BCUT2D eigenvalue weighted by atomic mass is 10.2. The summed E-state index contributed by atoms with van der Waals surface area (Å²) >= 11 is 0. The number of carbonyl (C=O) groups is 1. The first-order chi connectivity index (χ1) is 12.1. The number of hydrogen-bond acceptors (Lipinski definition) is 4. The Balaban J connectivity index is 1.88. The lowest BCUT2D eigenvalue weighted by molar-refractivity contribution is -0.141. The number of rotatable bonds is 5. The predicted octanol–water partition coefficient (Wildman–Crippen LogP) is 3.64. The Kier molecular flexibility index (Phi) is 5.70. The normalized spacial score (nSPS) is 11.9. The van der Waals surface area contributed by atoms with E-state index in [0.717, 1.165) is 30.5 Å². The molecule has 5 nitrogen and oxygen atoms in total. The highest BCUT2D eigenvalue weighted by molar-refractivity contribution is 5.92. The van der Waals surface area contributed by atoms with Gasteiger partial charge in [-0.25, -0.2) is 0 Å². The quantitative estimate of drug-likeness (QED) is 0.615. The molecule has 0 aliphatic rings. The number of nitrogens with zero attached hydrogens (tertiary/aromatic N) is 1. The van der Waals surface area contributed by atoms with E-state index in [1.165, 1.54) is 6.07 Å². The van der Waals surface area contributed by atoms with Crippen LogP contribution in [0.3, 0.4) is 0 Å². The van der Waals surface area contributed by atoms with Gasteiger partial charge in [-0.15, -0.1) is 5.48 Å². The van der Waals surface area contributed by atoms with E-state index in [1.807, 2.05) is 0 Å². The smallest absolute Gasteiger partial charge is 0.408 e. The van der Waals surface area contributed by atoms with Crippen LogP contribution in [0.2, 0.25) is 0 Å². The molecule has 0 unspecified atom stereocenters. The maximum Gasteiger partial charge on any atom is 0.433 e. The predicted molar refractivity (Wildman–Crippen MR) is 77.9 cm³/mol. The molecular formula is C15H11F6N3O2. The number of anilines is 1. The van der Waals surface area contributed by atoms with Crippen molar-refractivity contribution < 1.29 is 36.0 Å². The molecule has 0 radical (unpaired) electrons. The summed E-state index contributed by atoms with van der Waals surface area (Å²) in [6, 6.07) is 5.73. The average molecular weight is 379 g/mol. The van der Waals surface area contributed by atoms with Gasteiger partial charge in [0, 0.05) is 11.9 Å². The third-order valence-corrected chi connectivity index (χ3v) is 2.92. The Morgan fingerprint density at radius 3 is 2.42 bits per heavy atom. The van der Waals surface area contributed by atoms with Gasteiger partial charge in [-0.1, -0.05) is 6.07 Å². The zero-order valence-corrected chi connectivity index (χ0v) is 12.8. The fraction of sp³-hybridized carbons (Fsp3) is 0.200. The monoisotopic (exact) mass is 379 g/mol. The van der Waals surface area contributed by atoms with Crippen molar-refractivity contribution in [1.29, 1.82) is 0 Å². The van der Waals surface area contributed by atoms with E-state index in [9.17, 15) is 31.1 Å². The van der Waals surface area contributed by atoms with Crippen LogP contribution in [-0.2, 0) is 17.1 Å². The van der Waals surface area contributed by atoms with Crippen LogP contribution in [0.15, 0.2) is 42.6 Å². The van der Waals surface area contributed by atoms with Gasteiger partial charge in [0.1, 0.15) is 18.0 Å². The maximum atomic E-state index is 12.6. The summed E-state index contributed by atoms with van der Waals surface area (Å²) in [5.41, 5.74) is -0.123. The minimum atomic E-state index is -4.66. The van der Waals surface area contributed by atoms with E-state index in [-0.39, 0.29) is 11.4 Å². The molecule has 1 amide bonds. The third kappa shape index (κ3) is 5.62. The molecule has 0 atom stereocenters. The van der Waals surface area contributed by atoms with Crippen molar-refractivity contribution in [3.63, 3.8) is 0 Å². The zero-order valence-electron chi connectivity index (χ0n) is 12.8. The summed E-state index contributed by atoms with van der Waals surface area (Å²) in [4.78, 5) is 19.6. The van der Waals surface area contributed by atoms with E-state index in [0.29, 0.717) is 6.07 Å². The summed E-state index contributed by atoms with van der Waals surface area (Å²) < 4.78 is 75.2. The maximum absolute atomic E-state index is 12.6. The Morgan fingerprint density at radius 1 is 1.04 bits per heavy atom. The number of halogens is 6. The molecule has 0 aliphatic carbocycles. The molecule has 2 aromatic rings. The molecule has 11 heteroatoms. The third-order valence-electron chi connectivity index (χ3n) is 2.92. The first-order valence-corrected chi connectivity index (χ1v) is 6.96. The van der Waals surface area contributed by atoms with Gasteiger partial charge in [0.15, 0.2) is 0 Å². The molecule has 0 saturated carbocycles. The Morgan fingerprint density at radius 2 is 1.77 bits per heavy atom. The molecule has 1 aromatic carbocycles. The second-order valence-electron chi connectivity index (χ2n) is 4.92. The van der Waals surface area contributed by atoms with Gasteiger partial charge in [0.05, 0.1) is 5.56 Å². The number of alkyl halides is 6. The van der Waals surface area contributed by atoms with Crippen molar-refractivity contribution in [3.8, 4) is 5.75 Å². The summed E-state index contributed by atoms with van der Waals surface area (Å²) in [5.74, 6) is -0.952. The van der Waals surface area contributed by atoms with Crippen LogP contribution >= 0.6 is 0 Å². The summed E-state index contributed by atoms with van der Waals surface area (Å²) in [5, 5.41) is 2.17. The number of hydroxylamine groups is 1. The Labute approximate surface area is 142 Å². The molecule has 0 saturated heterocycles. The summed E-state index contributed by atoms with van der Waals surface area (Å²) in [7, 11) is 0. The average Bonchev–Trinajstić information content (AvgIpc) is 2.54. The molecule has 0 spiro atoms. The first-order valence-electron chi connectivity index (χ1n) is 6.96. The topological polar surface area (TPSA) is 63.2 Å². The number of carbonyl (C=O) groups excluding carboxylic acids is 1. The van der Waals surface area contributed by atoms with Gasteiger partial charge in [0.25, 0.3) is 0 Å². The molecule has 0 aliphatic heterocycles. The highest BCUT2D eigenvalue weighted by atomic mass is 19.4. The SMILES string of the molecule is O=C(CNOc1cccc(C(F)(F)F)c1)Nc1ccnc(C(F)(F)F)c1. The van der Waals surface area contributed by atoms with Crippen LogP contribution in [0.4, 0.5) is 32.0 Å². The molecule has 140 valence electrons. The Hall–Kier alpha value is -2.82. The van der Waals surface area contributed by atoms with Gasteiger partial charge in [-0.2, -0.15) is 26.3 Å². The zero-order chi connectivity index (χ0) is 19.4. The minimum Gasteiger partial charge on any atom is -0.408 e. The van der Waals surface area contributed by atoms with Crippen molar-refractivity contribution >= 4 is 11.6 Å². The highest BCUT2D eigenvalue weighted by Gasteiger charge is 2.32. The number of hydrogen-bond donors (Lipinski definition) is 2. The summed E-state index contributed by atoms with van der Waals surface area (Å²) in [6.07, 6.45) is -8.33.